The highest BCUT2D eigenvalue weighted by Gasteiger charge is 2.21. The first-order chi connectivity index (χ1) is 12.8. The van der Waals surface area contributed by atoms with Crippen LogP contribution in [0.15, 0.2) is 58.8 Å². The lowest BCUT2D eigenvalue weighted by molar-refractivity contribution is -0.116. The number of azo groups is 1. The normalized spacial score (nSPS) is 11.9. The van der Waals surface area contributed by atoms with Crippen LogP contribution in [0, 0.1) is 6.92 Å². The van der Waals surface area contributed by atoms with Crippen molar-refractivity contribution in [1.29, 1.82) is 0 Å². The molecule has 0 unspecified atom stereocenters. The van der Waals surface area contributed by atoms with E-state index in [-0.39, 0.29) is 11.6 Å². The Kier molecular flexibility index (Phi) is 4.95. The summed E-state index contributed by atoms with van der Waals surface area (Å²) in [6.07, 6.45) is 1.02. The first-order valence-electron chi connectivity index (χ1n) is 8.04. The largest absolute Gasteiger partial charge is 0.493 e. The van der Waals surface area contributed by atoms with Crippen LogP contribution in [0.25, 0.3) is 10.9 Å². The van der Waals surface area contributed by atoms with Gasteiger partial charge in [-0.05, 0) is 30.7 Å². The summed E-state index contributed by atoms with van der Waals surface area (Å²) in [6.45, 7) is 1.33. The van der Waals surface area contributed by atoms with Crippen molar-refractivity contribution in [2.24, 2.45) is 10.2 Å². The molecule has 0 aliphatic rings. The molecule has 0 aliphatic carbocycles. The molecule has 0 bridgehead atoms. The predicted octanol–water partition coefficient (Wildman–Crippen LogP) is 3.26. The number of amides is 1. The molecule has 3 rings (SSSR count). The second-order valence-corrected chi connectivity index (χ2v) is 7.98. The number of fused-ring (bicyclic) bond motifs is 1. The van der Waals surface area contributed by atoms with Crippen LogP contribution in [-0.4, -0.2) is 37.2 Å². The molecule has 8 nitrogen and oxygen atoms in total. The zero-order valence-electron chi connectivity index (χ0n) is 14.7. The second-order valence-electron chi connectivity index (χ2n) is 6.07. The minimum absolute atomic E-state index is 0.125. The summed E-state index contributed by atoms with van der Waals surface area (Å²) >= 11 is 0. The topological polar surface area (TPSA) is 115 Å². The Labute approximate surface area is 156 Å². The zero-order chi connectivity index (χ0) is 19.6. The number of benzene rings is 2. The lowest BCUT2D eigenvalue weighted by atomic mass is 10.2. The van der Waals surface area contributed by atoms with E-state index in [2.05, 4.69) is 15.2 Å². The number of anilines is 1. The number of aromatic hydroxyl groups is 1. The van der Waals surface area contributed by atoms with Gasteiger partial charge in [0.2, 0.25) is 15.9 Å². The maximum absolute atomic E-state index is 12.2. The molecule has 0 spiro atoms. The summed E-state index contributed by atoms with van der Waals surface area (Å²) in [5.74, 6) is -0.974. The lowest BCUT2D eigenvalue weighted by Gasteiger charge is -2.20. The first-order valence-corrected chi connectivity index (χ1v) is 9.89. The molecule has 1 aromatic heterocycles. The molecule has 2 N–H and O–H groups in total. The van der Waals surface area contributed by atoms with E-state index in [1.165, 1.54) is 0 Å². The molecule has 9 heteroatoms. The summed E-state index contributed by atoms with van der Waals surface area (Å²) < 4.78 is 25.2. The molecule has 0 radical (unpaired) electrons. The first kappa shape index (κ1) is 18.6. The van der Waals surface area contributed by atoms with Gasteiger partial charge >= 0.3 is 0 Å². The Balaban J connectivity index is 1.86. The molecule has 2 aromatic carbocycles. The fourth-order valence-electron chi connectivity index (χ4n) is 2.66. The van der Waals surface area contributed by atoms with Crippen molar-refractivity contribution >= 4 is 38.2 Å². The van der Waals surface area contributed by atoms with Crippen LogP contribution in [-0.2, 0) is 14.8 Å². The highest BCUT2D eigenvalue weighted by molar-refractivity contribution is 7.92. The van der Waals surface area contributed by atoms with Gasteiger partial charge in [-0.3, -0.25) is 9.10 Å². The molecule has 140 valence electrons. The third-order valence-corrected chi connectivity index (χ3v) is 5.03. The van der Waals surface area contributed by atoms with Crippen LogP contribution in [0.3, 0.4) is 0 Å². The molecule has 3 aromatic rings. The maximum Gasteiger partial charge on any atom is 0.285 e. The van der Waals surface area contributed by atoms with Gasteiger partial charge in [-0.25, -0.2) is 8.42 Å². The number of nitrogens with zero attached hydrogens (tertiary/aromatic N) is 3. The zero-order valence-corrected chi connectivity index (χ0v) is 15.6. The highest BCUT2D eigenvalue weighted by Crippen LogP contribution is 2.35. The number of hydrogen-bond acceptors (Lipinski definition) is 5. The van der Waals surface area contributed by atoms with E-state index in [1.807, 2.05) is 13.0 Å². The molecule has 0 aliphatic heterocycles. The molecule has 0 fully saturated rings. The van der Waals surface area contributed by atoms with Crippen molar-refractivity contribution in [2.45, 2.75) is 6.92 Å². The molecular weight excluding hydrogens is 368 g/mol. The molecule has 0 atom stereocenters. The second kappa shape index (κ2) is 7.20. The number of H-pyrrole nitrogens is 1. The number of sulfonamides is 1. The molecular formula is C18H18N4O4S. The van der Waals surface area contributed by atoms with Crippen LogP contribution < -0.4 is 4.31 Å². The smallest absolute Gasteiger partial charge is 0.285 e. The number of aromatic nitrogens is 1. The van der Waals surface area contributed by atoms with Gasteiger partial charge in [0.05, 0.1) is 17.5 Å². The maximum atomic E-state index is 12.2. The van der Waals surface area contributed by atoms with Crippen molar-refractivity contribution in [2.75, 3.05) is 17.1 Å². The molecule has 0 saturated heterocycles. The quantitative estimate of drug-likeness (QED) is 0.655. The number of carbonyl (C=O) groups is 1. The minimum atomic E-state index is -3.69. The van der Waals surface area contributed by atoms with Crippen molar-refractivity contribution in [3.8, 4) is 5.88 Å². The van der Waals surface area contributed by atoms with Gasteiger partial charge in [0.15, 0.2) is 5.69 Å². The number of nitrogens with one attached hydrogen (secondary N) is 1. The van der Waals surface area contributed by atoms with Crippen LogP contribution in [0.4, 0.5) is 11.4 Å². The summed E-state index contributed by atoms with van der Waals surface area (Å²) in [7, 11) is -3.69. The minimum Gasteiger partial charge on any atom is -0.493 e. The molecule has 1 heterocycles. The fraction of sp³-hybridized carbons (Fsp3) is 0.167. The molecule has 27 heavy (non-hydrogen) atoms. The number of rotatable bonds is 5. The van der Waals surface area contributed by atoms with Crippen LogP contribution in [0.1, 0.15) is 5.56 Å². The van der Waals surface area contributed by atoms with Gasteiger partial charge in [0.1, 0.15) is 6.54 Å². The van der Waals surface area contributed by atoms with Gasteiger partial charge < -0.3 is 10.1 Å². The van der Waals surface area contributed by atoms with Gasteiger partial charge in [-0.2, -0.15) is 0 Å². The van der Waals surface area contributed by atoms with Crippen molar-refractivity contribution in [3.63, 3.8) is 0 Å². The van der Waals surface area contributed by atoms with Crippen LogP contribution >= 0.6 is 0 Å². The van der Waals surface area contributed by atoms with Crippen molar-refractivity contribution in [1.82, 2.24) is 4.98 Å². The Hall–Kier alpha value is -3.20. The number of aryl methyl sites for hydroxylation is 1. The molecule has 0 saturated carbocycles. The van der Waals surface area contributed by atoms with Gasteiger partial charge in [-0.15, -0.1) is 10.2 Å². The van der Waals surface area contributed by atoms with E-state index >= 15 is 0 Å². The lowest BCUT2D eigenvalue weighted by Crippen LogP contribution is -2.34. The number of para-hydroxylation sites is 1. The van der Waals surface area contributed by atoms with Crippen molar-refractivity contribution < 1.29 is 18.3 Å². The van der Waals surface area contributed by atoms with E-state index < -0.39 is 22.5 Å². The van der Waals surface area contributed by atoms with Gasteiger partial charge in [-0.1, -0.05) is 30.3 Å². The SMILES string of the molecule is Cc1cccc(N(CC(=O)N=Nc2c(O)[nH]c3ccccc23)S(C)(=O)=O)c1. The average molecular weight is 386 g/mol. The Morgan fingerprint density at radius 3 is 2.63 bits per heavy atom. The van der Waals surface area contributed by atoms with E-state index in [0.29, 0.717) is 16.6 Å². The summed E-state index contributed by atoms with van der Waals surface area (Å²) in [5, 5.41) is 17.9. The number of aromatic amines is 1. The monoisotopic (exact) mass is 386 g/mol. The Morgan fingerprint density at radius 2 is 1.93 bits per heavy atom. The Bertz CT molecular complexity index is 1140. The number of hydrogen-bond donors (Lipinski definition) is 2. The standard InChI is InChI=1S/C18H18N4O4S/c1-12-6-5-7-13(10-12)22(27(2,25)26)11-16(23)20-21-17-14-8-3-4-9-15(14)19-18(17)24/h3-10,19,24H,11H2,1-2H3. The van der Waals surface area contributed by atoms with Crippen molar-refractivity contribution in [3.05, 3.63) is 54.1 Å². The third-order valence-electron chi connectivity index (χ3n) is 3.89. The predicted molar refractivity (Wildman–Crippen MR) is 103 cm³/mol. The van der Waals surface area contributed by atoms with Crippen LogP contribution in [0.5, 0.6) is 5.88 Å². The van der Waals surface area contributed by atoms with E-state index in [0.717, 1.165) is 16.1 Å². The van der Waals surface area contributed by atoms with Gasteiger partial charge in [0, 0.05) is 5.39 Å². The fourth-order valence-corrected chi connectivity index (χ4v) is 3.50. The third kappa shape index (κ3) is 4.14. The Morgan fingerprint density at radius 1 is 1.19 bits per heavy atom. The van der Waals surface area contributed by atoms with E-state index in [4.69, 9.17) is 0 Å². The van der Waals surface area contributed by atoms with Gasteiger partial charge in [0.25, 0.3) is 5.91 Å². The average Bonchev–Trinajstić information content (AvgIpc) is 2.92. The van der Waals surface area contributed by atoms with E-state index in [9.17, 15) is 18.3 Å². The summed E-state index contributed by atoms with van der Waals surface area (Å²) in [5.41, 5.74) is 2.00. The highest BCUT2D eigenvalue weighted by atomic mass is 32.2. The van der Waals surface area contributed by atoms with Crippen LogP contribution in [0.2, 0.25) is 0 Å². The summed E-state index contributed by atoms with van der Waals surface area (Å²) in [4.78, 5) is 15.0. The summed E-state index contributed by atoms with van der Waals surface area (Å²) in [6, 6.07) is 13.8. The molecule has 1 amide bonds. The number of carbonyl (C=O) groups excluding carboxylic acids is 1. The van der Waals surface area contributed by atoms with E-state index in [1.54, 1.807) is 42.5 Å².